The van der Waals surface area contributed by atoms with Gasteiger partial charge >= 0.3 is 0 Å². The lowest BCUT2D eigenvalue weighted by molar-refractivity contribution is 0.388. The van der Waals surface area contributed by atoms with Crippen molar-refractivity contribution in [3.8, 4) is 0 Å². The van der Waals surface area contributed by atoms with Crippen LogP contribution in [-0.2, 0) is 0 Å². The van der Waals surface area contributed by atoms with Gasteiger partial charge < -0.3 is 10.6 Å². The number of halogens is 1. The molecule has 1 aromatic rings. The van der Waals surface area contributed by atoms with Gasteiger partial charge in [-0.25, -0.2) is 9.97 Å². The summed E-state index contributed by atoms with van der Waals surface area (Å²) in [5.74, 6) is 0.880. The Morgan fingerprint density at radius 2 is 2.47 bits per heavy atom. The highest BCUT2D eigenvalue weighted by atomic mass is 79.9. The molecule has 82 valence electrons. The first kappa shape index (κ1) is 10.8. The van der Waals surface area contributed by atoms with E-state index in [-0.39, 0.29) is 0 Å². The molecule has 0 saturated carbocycles. The maximum Gasteiger partial charge on any atom is 0.144 e. The second kappa shape index (κ2) is 4.90. The van der Waals surface area contributed by atoms with Gasteiger partial charge in [0, 0.05) is 18.3 Å². The van der Waals surface area contributed by atoms with Crippen molar-refractivity contribution in [2.24, 2.45) is 0 Å². The van der Waals surface area contributed by atoms with Gasteiger partial charge in [0.15, 0.2) is 0 Å². The van der Waals surface area contributed by atoms with Gasteiger partial charge in [0.25, 0.3) is 0 Å². The molecule has 0 radical (unpaired) electrons. The first-order valence-corrected chi connectivity index (χ1v) is 6.02. The van der Waals surface area contributed by atoms with Crippen molar-refractivity contribution in [1.29, 1.82) is 0 Å². The summed E-state index contributed by atoms with van der Waals surface area (Å²) in [6.07, 6.45) is 5.72. The average Bonchev–Trinajstić information content (AvgIpc) is 2.24. The van der Waals surface area contributed by atoms with Gasteiger partial charge in [0.1, 0.15) is 12.1 Å². The lowest BCUT2D eigenvalue weighted by Crippen LogP contribution is -2.46. The third kappa shape index (κ3) is 2.66. The van der Waals surface area contributed by atoms with E-state index in [9.17, 15) is 0 Å². The van der Waals surface area contributed by atoms with Crippen LogP contribution in [0.25, 0.3) is 0 Å². The van der Waals surface area contributed by atoms with Gasteiger partial charge in [0.2, 0.25) is 0 Å². The number of aromatic nitrogens is 2. The summed E-state index contributed by atoms with van der Waals surface area (Å²) >= 11 is 3.44. The Morgan fingerprint density at radius 3 is 3.20 bits per heavy atom. The summed E-state index contributed by atoms with van der Waals surface area (Å²) in [5.41, 5.74) is 0. The Labute approximate surface area is 98.0 Å². The molecule has 1 aliphatic heterocycles. The lowest BCUT2D eigenvalue weighted by Gasteiger charge is -2.31. The first-order valence-electron chi connectivity index (χ1n) is 5.23. The Bertz CT molecular complexity index is 331. The zero-order chi connectivity index (χ0) is 10.7. The van der Waals surface area contributed by atoms with E-state index in [0.29, 0.717) is 12.1 Å². The molecular weight excluding hydrogens is 256 g/mol. The van der Waals surface area contributed by atoms with Crippen LogP contribution >= 0.6 is 15.9 Å². The molecule has 2 N–H and O–H groups in total. The van der Waals surface area contributed by atoms with Crippen molar-refractivity contribution in [2.45, 2.75) is 31.8 Å². The van der Waals surface area contributed by atoms with E-state index in [1.807, 2.05) is 0 Å². The number of nitrogens with one attached hydrogen (secondary N) is 2. The molecule has 0 aromatic carbocycles. The summed E-state index contributed by atoms with van der Waals surface area (Å²) in [7, 11) is 0. The SMILES string of the molecule is CC1NCCCC1Nc1ncncc1Br. The van der Waals surface area contributed by atoms with Crippen molar-refractivity contribution in [2.75, 3.05) is 11.9 Å². The second-order valence-electron chi connectivity index (χ2n) is 3.86. The van der Waals surface area contributed by atoms with Gasteiger partial charge in [0.05, 0.1) is 4.47 Å². The lowest BCUT2D eigenvalue weighted by atomic mass is 10.00. The van der Waals surface area contributed by atoms with Crippen molar-refractivity contribution in [3.05, 3.63) is 17.0 Å². The van der Waals surface area contributed by atoms with Crippen LogP contribution < -0.4 is 10.6 Å². The first-order chi connectivity index (χ1) is 7.27. The topological polar surface area (TPSA) is 49.8 Å². The summed E-state index contributed by atoms with van der Waals surface area (Å²) in [5, 5.41) is 6.89. The minimum Gasteiger partial charge on any atom is -0.365 e. The molecular formula is C10H15BrN4. The Morgan fingerprint density at radius 1 is 1.60 bits per heavy atom. The van der Waals surface area contributed by atoms with E-state index in [1.54, 1.807) is 12.5 Å². The highest BCUT2D eigenvalue weighted by Gasteiger charge is 2.21. The fourth-order valence-electron chi connectivity index (χ4n) is 1.84. The molecule has 2 heterocycles. The zero-order valence-corrected chi connectivity index (χ0v) is 10.3. The smallest absolute Gasteiger partial charge is 0.144 e. The Hall–Kier alpha value is -0.680. The quantitative estimate of drug-likeness (QED) is 0.861. The van der Waals surface area contributed by atoms with E-state index in [0.717, 1.165) is 16.8 Å². The van der Waals surface area contributed by atoms with Crippen LogP contribution in [0.5, 0.6) is 0 Å². The van der Waals surface area contributed by atoms with Crippen molar-refractivity contribution >= 4 is 21.7 Å². The molecule has 0 amide bonds. The highest BCUT2D eigenvalue weighted by molar-refractivity contribution is 9.10. The molecule has 5 heteroatoms. The third-order valence-electron chi connectivity index (χ3n) is 2.75. The van der Waals surface area contributed by atoms with Crippen LogP contribution in [0, 0.1) is 0 Å². The molecule has 0 bridgehead atoms. The van der Waals surface area contributed by atoms with E-state index in [1.165, 1.54) is 12.8 Å². The van der Waals surface area contributed by atoms with E-state index in [2.05, 4.69) is 43.5 Å². The van der Waals surface area contributed by atoms with Gasteiger partial charge in [-0.05, 0) is 42.2 Å². The summed E-state index contributed by atoms with van der Waals surface area (Å²) in [4.78, 5) is 8.15. The maximum atomic E-state index is 4.21. The molecule has 2 unspecified atom stereocenters. The molecule has 1 aromatic heterocycles. The molecule has 0 spiro atoms. The molecule has 4 nitrogen and oxygen atoms in total. The highest BCUT2D eigenvalue weighted by Crippen LogP contribution is 2.21. The number of nitrogens with zero attached hydrogens (tertiary/aromatic N) is 2. The van der Waals surface area contributed by atoms with Gasteiger partial charge in [-0.3, -0.25) is 0 Å². The van der Waals surface area contributed by atoms with Crippen LogP contribution in [0.15, 0.2) is 17.0 Å². The minimum absolute atomic E-state index is 0.449. The van der Waals surface area contributed by atoms with Crippen molar-refractivity contribution < 1.29 is 0 Å². The van der Waals surface area contributed by atoms with Gasteiger partial charge in [-0.15, -0.1) is 0 Å². The van der Waals surface area contributed by atoms with Crippen LogP contribution in [-0.4, -0.2) is 28.6 Å². The second-order valence-corrected chi connectivity index (χ2v) is 4.71. The van der Waals surface area contributed by atoms with E-state index >= 15 is 0 Å². The summed E-state index contributed by atoms with van der Waals surface area (Å²) < 4.78 is 0.919. The molecule has 15 heavy (non-hydrogen) atoms. The van der Waals surface area contributed by atoms with Crippen LogP contribution in [0.1, 0.15) is 19.8 Å². The summed E-state index contributed by atoms with van der Waals surface area (Å²) in [6, 6.07) is 0.936. The third-order valence-corrected chi connectivity index (χ3v) is 3.33. The largest absolute Gasteiger partial charge is 0.365 e. The Balaban J connectivity index is 2.04. The number of anilines is 1. The molecule has 1 saturated heterocycles. The number of hydrogen-bond donors (Lipinski definition) is 2. The molecule has 2 rings (SSSR count). The summed E-state index contributed by atoms with van der Waals surface area (Å²) in [6.45, 7) is 3.32. The zero-order valence-electron chi connectivity index (χ0n) is 8.70. The van der Waals surface area contributed by atoms with E-state index < -0.39 is 0 Å². The van der Waals surface area contributed by atoms with Crippen LogP contribution in [0.3, 0.4) is 0 Å². The number of rotatable bonds is 2. The average molecular weight is 271 g/mol. The number of hydrogen-bond acceptors (Lipinski definition) is 4. The predicted octanol–water partition coefficient (Wildman–Crippen LogP) is 1.79. The van der Waals surface area contributed by atoms with E-state index in [4.69, 9.17) is 0 Å². The predicted molar refractivity (Wildman–Crippen MR) is 63.8 cm³/mol. The standard InChI is InChI=1S/C10H15BrN4/c1-7-9(3-2-4-13-7)15-10-8(11)5-12-6-14-10/h5-7,9,13H,2-4H2,1H3,(H,12,14,15). The van der Waals surface area contributed by atoms with Gasteiger partial charge in [-0.1, -0.05) is 0 Å². The fourth-order valence-corrected chi connectivity index (χ4v) is 2.17. The molecule has 2 atom stereocenters. The fraction of sp³-hybridized carbons (Fsp3) is 0.600. The van der Waals surface area contributed by atoms with Crippen LogP contribution in [0.2, 0.25) is 0 Å². The molecule has 1 fully saturated rings. The number of piperidine rings is 1. The normalized spacial score (nSPS) is 26.3. The monoisotopic (exact) mass is 270 g/mol. The minimum atomic E-state index is 0.449. The molecule has 0 aliphatic carbocycles. The van der Waals surface area contributed by atoms with Crippen molar-refractivity contribution in [1.82, 2.24) is 15.3 Å². The van der Waals surface area contributed by atoms with Gasteiger partial charge in [-0.2, -0.15) is 0 Å². The Kier molecular flexibility index (Phi) is 3.53. The molecule has 1 aliphatic rings. The van der Waals surface area contributed by atoms with Crippen molar-refractivity contribution in [3.63, 3.8) is 0 Å². The van der Waals surface area contributed by atoms with Crippen LogP contribution in [0.4, 0.5) is 5.82 Å². The maximum absolute atomic E-state index is 4.21.